The highest BCUT2D eigenvalue weighted by Crippen LogP contribution is 2.18. The zero-order valence-electron chi connectivity index (χ0n) is 11.9. The summed E-state index contributed by atoms with van der Waals surface area (Å²) in [7, 11) is 0. The van der Waals surface area contributed by atoms with Crippen molar-refractivity contribution >= 4 is 17.5 Å². The van der Waals surface area contributed by atoms with E-state index >= 15 is 0 Å². The van der Waals surface area contributed by atoms with Gasteiger partial charge in [0.25, 0.3) is 5.91 Å². The Morgan fingerprint density at radius 2 is 1.75 bits per heavy atom. The van der Waals surface area contributed by atoms with E-state index in [1.807, 2.05) is 63.2 Å². The number of amides is 1. The van der Waals surface area contributed by atoms with Crippen LogP contribution in [0, 0.1) is 13.8 Å². The van der Waals surface area contributed by atoms with E-state index < -0.39 is 0 Å². The molecular formula is C17H18ClNO. The van der Waals surface area contributed by atoms with Crippen LogP contribution >= 0.6 is 11.6 Å². The molecule has 0 spiro atoms. The fourth-order valence-corrected chi connectivity index (χ4v) is 2.23. The number of rotatable bonds is 3. The molecule has 0 saturated heterocycles. The summed E-state index contributed by atoms with van der Waals surface area (Å²) >= 11 is 5.87. The van der Waals surface area contributed by atoms with Gasteiger partial charge in [-0.15, -0.1) is 0 Å². The molecular weight excluding hydrogens is 270 g/mol. The Bertz CT molecular complexity index is 619. The largest absolute Gasteiger partial charge is 0.346 e. The number of hydrogen-bond acceptors (Lipinski definition) is 1. The van der Waals surface area contributed by atoms with Crippen LogP contribution in [0.3, 0.4) is 0 Å². The van der Waals surface area contributed by atoms with Crippen LogP contribution in [0.4, 0.5) is 0 Å². The van der Waals surface area contributed by atoms with E-state index in [1.165, 1.54) is 0 Å². The van der Waals surface area contributed by atoms with Crippen LogP contribution in [-0.4, -0.2) is 5.91 Å². The van der Waals surface area contributed by atoms with Gasteiger partial charge in [0.15, 0.2) is 0 Å². The number of halogens is 1. The van der Waals surface area contributed by atoms with Gasteiger partial charge in [-0.05, 0) is 55.7 Å². The van der Waals surface area contributed by atoms with E-state index in [9.17, 15) is 4.79 Å². The molecule has 3 heteroatoms. The van der Waals surface area contributed by atoms with Crippen LogP contribution in [0.2, 0.25) is 5.02 Å². The average Bonchev–Trinajstić information content (AvgIpc) is 2.42. The molecule has 2 nitrogen and oxygen atoms in total. The Hall–Kier alpha value is -1.80. The van der Waals surface area contributed by atoms with Crippen molar-refractivity contribution in [1.82, 2.24) is 5.32 Å². The van der Waals surface area contributed by atoms with Crippen molar-refractivity contribution < 1.29 is 4.79 Å². The third-order valence-electron chi connectivity index (χ3n) is 3.57. The van der Waals surface area contributed by atoms with Crippen molar-refractivity contribution in [2.75, 3.05) is 0 Å². The molecule has 0 aromatic heterocycles. The average molecular weight is 288 g/mol. The van der Waals surface area contributed by atoms with Gasteiger partial charge in [-0.3, -0.25) is 4.79 Å². The zero-order chi connectivity index (χ0) is 14.7. The van der Waals surface area contributed by atoms with Gasteiger partial charge in [0, 0.05) is 10.6 Å². The number of carbonyl (C=O) groups is 1. The van der Waals surface area contributed by atoms with Gasteiger partial charge in [-0.1, -0.05) is 35.9 Å². The van der Waals surface area contributed by atoms with Gasteiger partial charge in [0.2, 0.25) is 0 Å². The minimum absolute atomic E-state index is 0.0475. The van der Waals surface area contributed by atoms with E-state index in [2.05, 4.69) is 5.32 Å². The predicted octanol–water partition coefficient (Wildman–Crippen LogP) is 4.45. The van der Waals surface area contributed by atoms with Crippen LogP contribution in [0.25, 0.3) is 0 Å². The molecule has 1 N–H and O–H groups in total. The lowest BCUT2D eigenvalue weighted by atomic mass is 10.0. The first kappa shape index (κ1) is 14.6. The zero-order valence-corrected chi connectivity index (χ0v) is 12.7. The maximum absolute atomic E-state index is 12.3. The Labute approximate surface area is 124 Å². The van der Waals surface area contributed by atoms with Crippen LogP contribution in [0.1, 0.15) is 40.0 Å². The van der Waals surface area contributed by atoms with E-state index in [4.69, 9.17) is 11.6 Å². The SMILES string of the molecule is Cc1cccc(C(=O)N[C@H](C)c2ccc(Cl)cc2)c1C. The van der Waals surface area contributed by atoms with E-state index in [-0.39, 0.29) is 11.9 Å². The van der Waals surface area contributed by atoms with Gasteiger partial charge >= 0.3 is 0 Å². The number of aryl methyl sites for hydroxylation is 1. The molecule has 0 aliphatic heterocycles. The minimum atomic E-state index is -0.0559. The summed E-state index contributed by atoms with van der Waals surface area (Å²) in [6.45, 7) is 5.94. The van der Waals surface area contributed by atoms with E-state index in [0.717, 1.165) is 22.3 Å². The van der Waals surface area contributed by atoms with Crippen molar-refractivity contribution in [3.63, 3.8) is 0 Å². The number of hydrogen-bond donors (Lipinski definition) is 1. The third kappa shape index (κ3) is 3.20. The number of benzene rings is 2. The molecule has 2 aromatic carbocycles. The maximum atomic E-state index is 12.3. The fourth-order valence-electron chi connectivity index (χ4n) is 2.11. The van der Waals surface area contributed by atoms with Crippen LogP contribution < -0.4 is 5.32 Å². The first-order chi connectivity index (χ1) is 9.49. The molecule has 0 heterocycles. The molecule has 20 heavy (non-hydrogen) atoms. The highest BCUT2D eigenvalue weighted by molar-refractivity contribution is 6.30. The van der Waals surface area contributed by atoms with Gasteiger partial charge in [-0.2, -0.15) is 0 Å². The Morgan fingerprint density at radius 1 is 1.10 bits per heavy atom. The monoisotopic (exact) mass is 287 g/mol. The summed E-state index contributed by atoms with van der Waals surface area (Å²) in [5.74, 6) is -0.0475. The fraction of sp³-hybridized carbons (Fsp3) is 0.235. The summed E-state index contributed by atoms with van der Waals surface area (Å²) in [5.41, 5.74) is 3.91. The molecule has 0 aliphatic rings. The Kier molecular flexibility index (Phi) is 4.46. The molecule has 1 amide bonds. The van der Waals surface area contributed by atoms with E-state index in [0.29, 0.717) is 5.02 Å². The van der Waals surface area contributed by atoms with Crippen LogP contribution in [0.15, 0.2) is 42.5 Å². The van der Waals surface area contributed by atoms with Gasteiger partial charge < -0.3 is 5.32 Å². The molecule has 0 unspecified atom stereocenters. The molecule has 2 aromatic rings. The maximum Gasteiger partial charge on any atom is 0.252 e. The summed E-state index contributed by atoms with van der Waals surface area (Å²) < 4.78 is 0. The molecule has 2 rings (SSSR count). The van der Waals surface area contributed by atoms with Gasteiger partial charge in [0.05, 0.1) is 6.04 Å². The second kappa shape index (κ2) is 6.10. The van der Waals surface area contributed by atoms with Crippen LogP contribution in [0.5, 0.6) is 0 Å². The normalized spacial score (nSPS) is 12.0. The third-order valence-corrected chi connectivity index (χ3v) is 3.82. The first-order valence-corrected chi connectivity index (χ1v) is 6.99. The molecule has 0 aliphatic carbocycles. The summed E-state index contributed by atoms with van der Waals surface area (Å²) in [5, 5.41) is 3.71. The predicted molar refractivity (Wildman–Crippen MR) is 83.2 cm³/mol. The molecule has 0 fully saturated rings. The topological polar surface area (TPSA) is 29.1 Å². The first-order valence-electron chi connectivity index (χ1n) is 6.61. The quantitative estimate of drug-likeness (QED) is 0.888. The second-order valence-electron chi connectivity index (χ2n) is 4.99. The number of carbonyl (C=O) groups excluding carboxylic acids is 1. The summed E-state index contributed by atoms with van der Waals surface area (Å²) in [4.78, 5) is 12.3. The van der Waals surface area contributed by atoms with Gasteiger partial charge in [-0.25, -0.2) is 0 Å². The molecule has 0 bridgehead atoms. The standard InChI is InChI=1S/C17H18ClNO/c1-11-5-4-6-16(12(11)2)17(20)19-13(3)14-7-9-15(18)10-8-14/h4-10,13H,1-3H3,(H,19,20)/t13-/m1/s1. The highest BCUT2D eigenvalue weighted by Gasteiger charge is 2.13. The number of nitrogens with one attached hydrogen (secondary N) is 1. The van der Waals surface area contributed by atoms with Crippen molar-refractivity contribution in [2.24, 2.45) is 0 Å². The lowest BCUT2D eigenvalue weighted by molar-refractivity contribution is 0.0939. The van der Waals surface area contributed by atoms with E-state index in [1.54, 1.807) is 0 Å². The second-order valence-corrected chi connectivity index (χ2v) is 5.43. The molecule has 1 atom stereocenters. The van der Waals surface area contributed by atoms with Gasteiger partial charge in [0.1, 0.15) is 0 Å². The van der Waals surface area contributed by atoms with Crippen molar-refractivity contribution in [3.8, 4) is 0 Å². The summed E-state index contributed by atoms with van der Waals surface area (Å²) in [6.07, 6.45) is 0. The lowest BCUT2D eigenvalue weighted by Gasteiger charge is -2.16. The Balaban J connectivity index is 2.15. The highest BCUT2D eigenvalue weighted by atomic mass is 35.5. The lowest BCUT2D eigenvalue weighted by Crippen LogP contribution is -2.27. The Morgan fingerprint density at radius 3 is 2.40 bits per heavy atom. The van der Waals surface area contributed by atoms with Crippen LogP contribution in [-0.2, 0) is 0 Å². The molecule has 0 saturated carbocycles. The minimum Gasteiger partial charge on any atom is -0.346 e. The summed E-state index contributed by atoms with van der Waals surface area (Å²) in [6, 6.07) is 13.2. The van der Waals surface area contributed by atoms with Crippen molar-refractivity contribution in [1.29, 1.82) is 0 Å². The van der Waals surface area contributed by atoms with Crippen molar-refractivity contribution in [3.05, 3.63) is 69.7 Å². The molecule has 104 valence electrons. The van der Waals surface area contributed by atoms with Crippen molar-refractivity contribution in [2.45, 2.75) is 26.8 Å². The molecule has 0 radical (unpaired) electrons. The smallest absolute Gasteiger partial charge is 0.252 e.